The van der Waals surface area contributed by atoms with Gasteiger partial charge in [-0.3, -0.25) is 0 Å². The minimum absolute atomic E-state index is 0.0826. The number of aryl methyl sites for hydroxylation is 1. The van der Waals surface area contributed by atoms with Gasteiger partial charge in [0.1, 0.15) is 5.52 Å². The van der Waals surface area contributed by atoms with Gasteiger partial charge in [0.25, 0.3) is 0 Å². The first-order valence-corrected chi connectivity index (χ1v) is 6.11. The predicted molar refractivity (Wildman–Crippen MR) is 69.5 cm³/mol. The fraction of sp³-hybridized carbons (Fsp3) is 0.250. The second-order valence-electron chi connectivity index (χ2n) is 4.21. The Labute approximate surface area is 113 Å². The van der Waals surface area contributed by atoms with E-state index in [1.165, 1.54) is 4.68 Å². The fourth-order valence-corrected chi connectivity index (χ4v) is 1.90. The molecule has 3 aromatic rings. The largest absolute Gasteiger partial charge is 0.461 e. The van der Waals surface area contributed by atoms with Crippen molar-refractivity contribution in [2.24, 2.45) is 0 Å². The van der Waals surface area contributed by atoms with Gasteiger partial charge in [0.15, 0.2) is 0 Å². The van der Waals surface area contributed by atoms with E-state index in [4.69, 9.17) is 4.74 Å². The molecule has 0 aliphatic heterocycles. The van der Waals surface area contributed by atoms with Crippen LogP contribution in [0.25, 0.3) is 16.9 Å². The molecular formula is C12H12N6O2. The van der Waals surface area contributed by atoms with Crippen LogP contribution in [0.15, 0.2) is 18.2 Å². The van der Waals surface area contributed by atoms with Crippen molar-refractivity contribution in [3.05, 3.63) is 29.5 Å². The Balaban J connectivity index is 2.12. The molecule has 2 aromatic heterocycles. The molecule has 0 saturated heterocycles. The van der Waals surface area contributed by atoms with E-state index in [2.05, 4.69) is 25.7 Å². The van der Waals surface area contributed by atoms with Crippen molar-refractivity contribution in [1.29, 1.82) is 0 Å². The van der Waals surface area contributed by atoms with Crippen LogP contribution in [-0.4, -0.2) is 43.0 Å². The van der Waals surface area contributed by atoms with E-state index in [-0.39, 0.29) is 18.1 Å². The summed E-state index contributed by atoms with van der Waals surface area (Å²) in [5.74, 6) is -0.276. The Morgan fingerprint density at radius 2 is 2.25 bits per heavy atom. The van der Waals surface area contributed by atoms with Crippen LogP contribution in [0.5, 0.6) is 0 Å². The molecule has 0 atom stereocenters. The smallest absolute Gasteiger partial charge is 0.362 e. The number of esters is 1. The zero-order valence-electron chi connectivity index (χ0n) is 11.0. The molecule has 0 bridgehead atoms. The van der Waals surface area contributed by atoms with Crippen LogP contribution < -0.4 is 0 Å². The highest BCUT2D eigenvalue weighted by molar-refractivity contribution is 5.91. The number of hydrogen-bond acceptors (Lipinski definition) is 6. The third kappa shape index (κ3) is 1.91. The summed E-state index contributed by atoms with van der Waals surface area (Å²) in [7, 11) is 0. The Morgan fingerprint density at radius 1 is 1.40 bits per heavy atom. The summed E-state index contributed by atoms with van der Waals surface area (Å²) >= 11 is 0. The summed E-state index contributed by atoms with van der Waals surface area (Å²) in [6, 6.07) is 5.71. The highest BCUT2D eigenvalue weighted by Crippen LogP contribution is 2.18. The molecule has 0 radical (unpaired) electrons. The van der Waals surface area contributed by atoms with Gasteiger partial charge in [-0.05, 0) is 31.5 Å². The second kappa shape index (κ2) is 4.72. The number of ether oxygens (including phenoxy) is 1. The van der Waals surface area contributed by atoms with Crippen LogP contribution >= 0.6 is 0 Å². The molecular weight excluding hydrogens is 260 g/mol. The van der Waals surface area contributed by atoms with Gasteiger partial charge in [0.05, 0.1) is 12.1 Å². The third-order valence-corrected chi connectivity index (χ3v) is 2.80. The van der Waals surface area contributed by atoms with E-state index in [0.29, 0.717) is 0 Å². The topological polar surface area (TPSA) is 98.6 Å². The molecule has 0 aliphatic carbocycles. The van der Waals surface area contributed by atoms with Gasteiger partial charge in [-0.25, -0.2) is 4.79 Å². The number of fused-ring (bicyclic) bond motifs is 1. The average molecular weight is 272 g/mol. The number of benzene rings is 1. The van der Waals surface area contributed by atoms with E-state index < -0.39 is 5.97 Å². The molecule has 0 saturated carbocycles. The lowest BCUT2D eigenvalue weighted by molar-refractivity contribution is 0.0519. The molecule has 0 fully saturated rings. The lowest BCUT2D eigenvalue weighted by Crippen LogP contribution is -2.10. The van der Waals surface area contributed by atoms with Gasteiger partial charge in [-0.1, -0.05) is 11.3 Å². The zero-order valence-corrected chi connectivity index (χ0v) is 11.0. The molecule has 0 unspecified atom stereocenters. The van der Waals surface area contributed by atoms with Crippen molar-refractivity contribution in [2.45, 2.75) is 13.8 Å². The van der Waals surface area contributed by atoms with Gasteiger partial charge in [-0.2, -0.15) is 9.90 Å². The number of nitrogens with one attached hydrogen (secondary N) is 1. The summed E-state index contributed by atoms with van der Waals surface area (Å²) in [6.07, 6.45) is 0. The van der Waals surface area contributed by atoms with Crippen LogP contribution in [0, 0.1) is 6.92 Å². The van der Waals surface area contributed by atoms with Crippen molar-refractivity contribution in [2.75, 3.05) is 6.61 Å². The molecule has 8 nitrogen and oxygen atoms in total. The van der Waals surface area contributed by atoms with Crippen molar-refractivity contribution in [3.8, 4) is 5.82 Å². The van der Waals surface area contributed by atoms with Gasteiger partial charge in [0.2, 0.25) is 11.5 Å². The molecule has 3 rings (SSSR count). The highest BCUT2D eigenvalue weighted by Gasteiger charge is 2.21. The number of rotatable bonds is 3. The van der Waals surface area contributed by atoms with E-state index in [1.54, 1.807) is 6.92 Å². The molecule has 1 N–H and O–H groups in total. The highest BCUT2D eigenvalue weighted by atomic mass is 16.5. The number of aromatic nitrogens is 6. The average Bonchev–Trinajstić information content (AvgIpc) is 3.03. The van der Waals surface area contributed by atoms with Crippen LogP contribution in [0.2, 0.25) is 0 Å². The Hall–Kier alpha value is -2.77. The van der Waals surface area contributed by atoms with Crippen molar-refractivity contribution in [1.82, 2.24) is 30.4 Å². The maximum atomic E-state index is 11.8. The van der Waals surface area contributed by atoms with Gasteiger partial charge in [-0.15, -0.1) is 15.3 Å². The Morgan fingerprint density at radius 3 is 3.05 bits per heavy atom. The molecule has 0 amide bonds. The monoisotopic (exact) mass is 272 g/mol. The van der Waals surface area contributed by atoms with Crippen LogP contribution in [0.1, 0.15) is 23.0 Å². The summed E-state index contributed by atoms with van der Waals surface area (Å²) in [5, 5.41) is 18.3. The molecule has 102 valence electrons. The summed E-state index contributed by atoms with van der Waals surface area (Å²) in [5.41, 5.74) is 2.63. The summed E-state index contributed by atoms with van der Waals surface area (Å²) in [4.78, 5) is 11.8. The minimum atomic E-state index is -0.549. The first-order valence-electron chi connectivity index (χ1n) is 6.11. The maximum absolute atomic E-state index is 11.8. The number of carbonyl (C=O) groups excluding carboxylic acids is 1. The van der Waals surface area contributed by atoms with Gasteiger partial charge >= 0.3 is 5.97 Å². The van der Waals surface area contributed by atoms with Crippen LogP contribution in [0.4, 0.5) is 0 Å². The number of nitrogens with zero attached hydrogens (tertiary/aromatic N) is 5. The SMILES string of the molecule is CCOC(=O)c1n[nH]nc1-n1nnc2cc(C)ccc21. The molecule has 8 heteroatoms. The number of H-pyrrole nitrogens is 1. The number of aromatic amines is 1. The van der Waals surface area contributed by atoms with Crippen LogP contribution in [0.3, 0.4) is 0 Å². The van der Waals surface area contributed by atoms with Crippen LogP contribution in [-0.2, 0) is 4.74 Å². The molecule has 1 aromatic carbocycles. The minimum Gasteiger partial charge on any atom is -0.461 e. The third-order valence-electron chi connectivity index (χ3n) is 2.80. The summed E-state index contributed by atoms with van der Waals surface area (Å²) < 4.78 is 6.40. The summed E-state index contributed by atoms with van der Waals surface area (Å²) in [6.45, 7) is 3.96. The quantitative estimate of drug-likeness (QED) is 0.715. The standard InChI is InChI=1S/C12H12N6O2/c1-3-20-12(19)10-11(15-16-14-10)18-9-5-4-7(2)6-8(9)13-17-18/h4-6H,3H2,1-2H3,(H,14,15,16). The molecule has 2 heterocycles. The maximum Gasteiger partial charge on any atom is 0.362 e. The second-order valence-corrected chi connectivity index (χ2v) is 4.21. The first kappa shape index (κ1) is 12.3. The van der Waals surface area contributed by atoms with E-state index >= 15 is 0 Å². The van der Waals surface area contributed by atoms with Crippen molar-refractivity contribution in [3.63, 3.8) is 0 Å². The van der Waals surface area contributed by atoms with Gasteiger partial charge in [0, 0.05) is 0 Å². The normalized spacial score (nSPS) is 10.9. The van der Waals surface area contributed by atoms with Gasteiger partial charge < -0.3 is 4.74 Å². The predicted octanol–water partition coefficient (Wildman–Crippen LogP) is 1.02. The number of carbonyl (C=O) groups is 1. The molecule has 20 heavy (non-hydrogen) atoms. The fourth-order valence-electron chi connectivity index (χ4n) is 1.90. The Kier molecular flexibility index (Phi) is 2.90. The lowest BCUT2D eigenvalue weighted by Gasteiger charge is -2.01. The lowest BCUT2D eigenvalue weighted by atomic mass is 10.2. The zero-order chi connectivity index (χ0) is 14.1. The van der Waals surface area contributed by atoms with Crippen molar-refractivity contribution >= 4 is 17.0 Å². The van der Waals surface area contributed by atoms with E-state index in [1.807, 2.05) is 25.1 Å². The molecule has 0 aliphatic rings. The Bertz CT molecular complexity index is 775. The molecule has 0 spiro atoms. The first-order chi connectivity index (χ1) is 9.70. The van der Waals surface area contributed by atoms with E-state index in [0.717, 1.165) is 16.6 Å². The van der Waals surface area contributed by atoms with E-state index in [9.17, 15) is 4.79 Å². The number of hydrogen-bond donors (Lipinski definition) is 1. The van der Waals surface area contributed by atoms with Crippen molar-refractivity contribution < 1.29 is 9.53 Å².